The Balaban J connectivity index is 2.17. The molecule has 2 heteroatoms. The Labute approximate surface area is 81.3 Å². The lowest BCUT2D eigenvalue weighted by atomic mass is 9.96. The van der Waals surface area contributed by atoms with Crippen molar-refractivity contribution in [3.63, 3.8) is 0 Å². The van der Waals surface area contributed by atoms with Gasteiger partial charge < -0.3 is 5.32 Å². The third-order valence-corrected chi connectivity index (χ3v) is 2.57. The SMILES string of the molecule is CC(C)(C)CNCC1(CC#N)CC1. The van der Waals surface area contributed by atoms with Gasteiger partial charge in [-0.2, -0.15) is 5.26 Å². The lowest BCUT2D eigenvalue weighted by molar-refractivity contribution is 0.352. The van der Waals surface area contributed by atoms with E-state index in [0.29, 0.717) is 10.8 Å². The summed E-state index contributed by atoms with van der Waals surface area (Å²) in [6, 6.07) is 2.28. The third-order valence-electron chi connectivity index (χ3n) is 2.57. The van der Waals surface area contributed by atoms with Crippen molar-refractivity contribution in [1.82, 2.24) is 5.32 Å². The molecule has 13 heavy (non-hydrogen) atoms. The quantitative estimate of drug-likeness (QED) is 0.720. The summed E-state index contributed by atoms with van der Waals surface area (Å²) in [5.41, 5.74) is 0.697. The smallest absolute Gasteiger partial charge is 0.0628 e. The molecule has 0 aromatic rings. The molecule has 0 amide bonds. The van der Waals surface area contributed by atoms with Crippen LogP contribution in [0, 0.1) is 22.2 Å². The molecule has 0 unspecified atom stereocenters. The van der Waals surface area contributed by atoms with Crippen molar-refractivity contribution < 1.29 is 0 Å². The monoisotopic (exact) mass is 180 g/mol. The lowest BCUT2D eigenvalue weighted by Crippen LogP contribution is -2.31. The summed E-state index contributed by atoms with van der Waals surface area (Å²) in [5.74, 6) is 0. The molecule has 1 aliphatic carbocycles. The molecule has 1 saturated carbocycles. The largest absolute Gasteiger partial charge is 0.316 e. The van der Waals surface area contributed by atoms with Gasteiger partial charge in [0.15, 0.2) is 0 Å². The van der Waals surface area contributed by atoms with E-state index in [0.717, 1.165) is 19.5 Å². The van der Waals surface area contributed by atoms with Crippen molar-refractivity contribution in [2.75, 3.05) is 13.1 Å². The van der Waals surface area contributed by atoms with Crippen molar-refractivity contribution >= 4 is 0 Å². The number of nitrogens with zero attached hydrogens (tertiary/aromatic N) is 1. The van der Waals surface area contributed by atoms with Crippen LogP contribution in [0.1, 0.15) is 40.0 Å². The number of hydrogen-bond donors (Lipinski definition) is 1. The van der Waals surface area contributed by atoms with Crippen LogP contribution in [-0.4, -0.2) is 13.1 Å². The van der Waals surface area contributed by atoms with E-state index in [1.54, 1.807) is 0 Å². The van der Waals surface area contributed by atoms with E-state index in [4.69, 9.17) is 5.26 Å². The van der Waals surface area contributed by atoms with Crippen LogP contribution in [-0.2, 0) is 0 Å². The highest BCUT2D eigenvalue weighted by Crippen LogP contribution is 2.47. The second-order valence-electron chi connectivity index (χ2n) is 5.50. The zero-order valence-electron chi connectivity index (χ0n) is 8.98. The minimum Gasteiger partial charge on any atom is -0.316 e. The van der Waals surface area contributed by atoms with Crippen LogP contribution in [0.2, 0.25) is 0 Å². The minimum atomic E-state index is 0.347. The second-order valence-corrected chi connectivity index (χ2v) is 5.50. The molecule has 0 spiro atoms. The van der Waals surface area contributed by atoms with Gasteiger partial charge in [-0.25, -0.2) is 0 Å². The first kappa shape index (κ1) is 10.5. The van der Waals surface area contributed by atoms with E-state index < -0.39 is 0 Å². The maximum absolute atomic E-state index is 8.62. The van der Waals surface area contributed by atoms with Crippen molar-refractivity contribution in [3.8, 4) is 6.07 Å². The molecule has 0 aromatic carbocycles. The maximum Gasteiger partial charge on any atom is 0.0628 e. The van der Waals surface area contributed by atoms with E-state index in [-0.39, 0.29) is 0 Å². The number of rotatable bonds is 4. The molecule has 0 radical (unpaired) electrons. The van der Waals surface area contributed by atoms with Crippen molar-refractivity contribution in [2.24, 2.45) is 10.8 Å². The Morgan fingerprint density at radius 3 is 2.38 bits per heavy atom. The van der Waals surface area contributed by atoms with Crippen molar-refractivity contribution in [3.05, 3.63) is 0 Å². The molecular weight excluding hydrogens is 160 g/mol. The molecule has 1 fully saturated rings. The zero-order valence-corrected chi connectivity index (χ0v) is 8.98. The number of nitrogens with one attached hydrogen (secondary N) is 1. The molecule has 0 aliphatic heterocycles. The van der Waals surface area contributed by atoms with Gasteiger partial charge in [0.2, 0.25) is 0 Å². The Morgan fingerprint density at radius 1 is 1.38 bits per heavy atom. The van der Waals surface area contributed by atoms with Crippen LogP contribution < -0.4 is 5.32 Å². The first-order chi connectivity index (χ1) is 5.97. The highest BCUT2D eigenvalue weighted by atomic mass is 14.9. The average Bonchev–Trinajstić information content (AvgIpc) is 2.67. The molecule has 0 heterocycles. The van der Waals surface area contributed by atoms with E-state index in [9.17, 15) is 0 Å². The number of nitriles is 1. The first-order valence-electron chi connectivity index (χ1n) is 5.05. The summed E-state index contributed by atoms with van der Waals surface area (Å²) < 4.78 is 0. The van der Waals surface area contributed by atoms with Crippen molar-refractivity contribution in [2.45, 2.75) is 40.0 Å². The Bertz CT molecular complexity index is 203. The molecule has 74 valence electrons. The van der Waals surface area contributed by atoms with Gasteiger partial charge in [-0.1, -0.05) is 20.8 Å². The van der Waals surface area contributed by atoms with Crippen LogP contribution in [0.25, 0.3) is 0 Å². The predicted molar refractivity (Wildman–Crippen MR) is 54.2 cm³/mol. The fourth-order valence-electron chi connectivity index (χ4n) is 1.46. The molecule has 2 nitrogen and oxygen atoms in total. The van der Waals surface area contributed by atoms with E-state index in [2.05, 4.69) is 32.2 Å². The van der Waals surface area contributed by atoms with E-state index >= 15 is 0 Å². The van der Waals surface area contributed by atoms with E-state index in [1.807, 2.05) is 0 Å². The fraction of sp³-hybridized carbons (Fsp3) is 0.909. The van der Waals surface area contributed by atoms with Crippen molar-refractivity contribution in [1.29, 1.82) is 5.26 Å². The van der Waals surface area contributed by atoms with Gasteiger partial charge in [-0.15, -0.1) is 0 Å². The molecule has 0 atom stereocenters. The molecule has 1 aliphatic rings. The van der Waals surface area contributed by atoms with Crippen LogP contribution in [0.4, 0.5) is 0 Å². The number of hydrogen-bond acceptors (Lipinski definition) is 2. The standard InChI is InChI=1S/C11H20N2/c1-10(2,3)8-13-9-11(4-5-11)6-7-12/h13H,4-6,8-9H2,1-3H3. The summed E-state index contributed by atoms with van der Waals surface area (Å²) in [6.45, 7) is 8.75. The van der Waals surface area contributed by atoms with Gasteiger partial charge in [0.25, 0.3) is 0 Å². The lowest BCUT2D eigenvalue weighted by Gasteiger charge is -2.21. The van der Waals surface area contributed by atoms with Crippen LogP contribution in [0.3, 0.4) is 0 Å². The van der Waals surface area contributed by atoms with Gasteiger partial charge in [-0.3, -0.25) is 0 Å². The summed E-state index contributed by atoms with van der Waals surface area (Å²) >= 11 is 0. The summed E-state index contributed by atoms with van der Waals surface area (Å²) in [7, 11) is 0. The normalized spacial score (nSPS) is 19.5. The molecule has 1 N–H and O–H groups in total. The van der Waals surface area contributed by atoms with Crippen LogP contribution in [0.15, 0.2) is 0 Å². The summed E-state index contributed by atoms with van der Waals surface area (Å²) in [5, 5.41) is 12.1. The highest BCUT2D eigenvalue weighted by molar-refractivity contribution is 5.00. The van der Waals surface area contributed by atoms with Crippen LogP contribution in [0.5, 0.6) is 0 Å². The van der Waals surface area contributed by atoms with Crippen LogP contribution >= 0.6 is 0 Å². The van der Waals surface area contributed by atoms with Gasteiger partial charge in [0.1, 0.15) is 0 Å². The van der Waals surface area contributed by atoms with Gasteiger partial charge >= 0.3 is 0 Å². The maximum atomic E-state index is 8.62. The Morgan fingerprint density at radius 2 is 2.00 bits per heavy atom. The molecule has 0 bridgehead atoms. The molecule has 0 aromatic heterocycles. The Hall–Kier alpha value is -0.550. The summed E-state index contributed by atoms with van der Waals surface area (Å²) in [4.78, 5) is 0. The molecule has 0 saturated heterocycles. The highest BCUT2D eigenvalue weighted by Gasteiger charge is 2.41. The average molecular weight is 180 g/mol. The zero-order chi connectivity index (χ0) is 9.95. The second kappa shape index (κ2) is 3.67. The van der Waals surface area contributed by atoms with E-state index in [1.165, 1.54) is 12.8 Å². The van der Waals surface area contributed by atoms with Gasteiger partial charge in [-0.05, 0) is 23.7 Å². The first-order valence-corrected chi connectivity index (χ1v) is 5.05. The fourth-order valence-corrected chi connectivity index (χ4v) is 1.46. The topological polar surface area (TPSA) is 35.8 Å². The van der Waals surface area contributed by atoms with Gasteiger partial charge in [0.05, 0.1) is 6.07 Å². The Kier molecular flexibility index (Phi) is 2.98. The minimum absolute atomic E-state index is 0.347. The summed E-state index contributed by atoms with van der Waals surface area (Å²) in [6.07, 6.45) is 3.19. The predicted octanol–water partition coefficient (Wildman–Crippen LogP) is 2.32. The van der Waals surface area contributed by atoms with Gasteiger partial charge in [0, 0.05) is 19.5 Å². The molecule has 1 rings (SSSR count). The molecular formula is C11H20N2. The third kappa shape index (κ3) is 3.78.